The number of rotatable bonds is 6. The maximum absolute atomic E-state index is 11.3. The van der Waals surface area contributed by atoms with Crippen LogP contribution >= 0.6 is 0 Å². The minimum absolute atomic E-state index is 0.316. The Morgan fingerprint density at radius 3 is 2.61 bits per heavy atom. The SMILES string of the molecule is CCOc1cc(NC(C)C(=O)OC)ccc1OC. The number of nitrogens with one attached hydrogen (secondary N) is 1. The summed E-state index contributed by atoms with van der Waals surface area (Å²) in [4.78, 5) is 11.3. The molecule has 1 atom stereocenters. The second-order valence-corrected chi connectivity index (χ2v) is 3.69. The summed E-state index contributed by atoms with van der Waals surface area (Å²) in [7, 11) is 2.95. The third-order valence-electron chi connectivity index (χ3n) is 2.40. The lowest BCUT2D eigenvalue weighted by Crippen LogP contribution is -2.27. The van der Waals surface area contributed by atoms with Gasteiger partial charge in [-0.2, -0.15) is 0 Å². The monoisotopic (exact) mass is 253 g/mol. The van der Waals surface area contributed by atoms with E-state index in [0.717, 1.165) is 5.69 Å². The Labute approximate surface area is 107 Å². The summed E-state index contributed by atoms with van der Waals surface area (Å²) < 4.78 is 15.3. The molecule has 0 bridgehead atoms. The smallest absolute Gasteiger partial charge is 0.327 e. The molecular formula is C13H19NO4. The number of benzene rings is 1. The molecule has 0 radical (unpaired) electrons. The molecule has 18 heavy (non-hydrogen) atoms. The summed E-state index contributed by atoms with van der Waals surface area (Å²) in [5, 5.41) is 3.03. The molecule has 0 saturated carbocycles. The van der Waals surface area contributed by atoms with Crippen LogP contribution in [-0.2, 0) is 9.53 Å². The fraction of sp³-hybridized carbons (Fsp3) is 0.462. The van der Waals surface area contributed by atoms with Gasteiger partial charge in [-0.15, -0.1) is 0 Å². The van der Waals surface area contributed by atoms with E-state index in [1.165, 1.54) is 7.11 Å². The van der Waals surface area contributed by atoms with E-state index in [0.29, 0.717) is 18.1 Å². The molecular weight excluding hydrogens is 234 g/mol. The number of hydrogen-bond donors (Lipinski definition) is 1. The maximum atomic E-state index is 11.3. The van der Waals surface area contributed by atoms with E-state index in [9.17, 15) is 4.79 Å². The van der Waals surface area contributed by atoms with Crippen molar-refractivity contribution in [2.24, 2.45) is 0 Å². The molecule has 0 heterocycles. The molecule has 5 nitrogen and oxygen atoms in total. The van der Waals surface area contributed by atoms with Gasteiger partial charge in [0.25, 0.3) is 0 Å². The third-order valence-corrected chi connectivity index (χ3v) is 2.40. The Balaban J connectivity index is 2.84. The number of anilines is 1. The van der Waals surface area contributed by atoms with E-state index in [1.54, 1.807) is 26.2 Å². The predicted octanol–water partition coefficient (Wildman–Crippen LogP) is 2.07. The molecule has 1 unspecified atom stereocenters. The lowest BCUT2D eigenvalue weighted by Gasteiger charge is -2.15. The van der Waals surface area contributed by atoms with Crippen molar-refractivity contribution in [3.05, 3.63) is 18.2 Å². The van der Waals surface area contributed by atoms with Crippen molar-refractivity contribution >= 4 is 11.7 Å². The molecule has 1 N–H and O–H groups in total. The van der Waals surface area contributed by atoms with Crippen molar-refractivity contribution in [1.29, 1.82) is 0 Å². The van der Waals surface area contributed by atoms with Gasteiger partial charge < -0.3 is 19.5 Å². The molecule has 5 heteroatoms. The molecule has 0 saturated heterocycles. The molecule has 0 fully saturated rings. The van der Waals surface area contributed by atoms with Crippen molar-refractivity contribution < 1.29 is 19.0 Å². The van der Waals surface area contributed by atoms with Crippen LogP contribution in [0.15, 0.2) is 18.2 Å². The first-order chi connectivity index (χ1) is 8.62. The molecule has 0 aliphatic rings. The van der Waals surface area contributed by atoms with Gasteiger partial charge in [-0.1, -0.05) is 0 Å². The number of carbonyl (C=O) groups is 1. The average Bonchev–Trinajstić information content (AvgIpc) is 2.38. The van der Waals surface area contributed by atoms with Gasteiger partial charge in [-0.3, -0.25) is 0 Å². The number of hydrogen-bond acceptors (Lipinski definition) is 5. The largest absolute Gasteiger partial charge is 0.493 e. The van der Waals surface area contributed by atoms with Gasteiger partial charge in [0, 0.05) is 11.8 Å². The van der Waals surface area contributed by atoms with Crippen molar-refractivity contribution in [3.63, 3.8) is 0 Å². The minimum atomic E-state index is -0.419. The fourth-order valence-electron chi connectivity index (χ4n) is 1.52. The highest BCUT2D eigenvalue weighted by Gasteiger charge is 2.13. The van der Waals surface area contributed by atoms with Crippen LogP contribution in [0.2, 0.25) is 0 Å². The number of ether oxygens (including phenoxy) is 3. The number of carbonyl (C=O) groups excluding carboxylic acids is 1. The van der Waals surface area contributed by atoms with Gasteiger partial charge in [-0.05, 0) is 26.0 Å². The summed E-state index contributed by atoms with van der Waals surface area (Å²) >= 11 is 0. The molecule has 0 amide bonds. The summed E-state index contributed by atoms with van der Waals surface area (Å²) in [6, 6.07) is 4.98. The lowest BCUT2D eigenvalue weighted by molar-refractivity contribution is -0.141. The first kappa shape index (κ1) is 14.2. The van der Waals surface area contributed by atoms with E-state index in [2.05, 4.69) is 10.1 Å². The number of esters is 1. The van der Waals surface area contributed by atoms with Gasteiger partial charge in [0.2, 0.25) is 0 Å². The van der Waals surface area contributed by atoms with Gasteiger partial charge in [0.1, 0.15) is 6.04 Å². The molecule has 0 aromatic heterocycles. The standard InChI is InChI=1S/C13H19NO4/c1-5-18-12-8-10(6-7-11(12)16-3)14-9(2)13(15)17-4/h6-9,14H,5H2,1-4H3. The van der Waals surface area contributed by atoms with Gasteiger partial charge in [0.05, 0.1) is 20.8 Å². The van der Waals surface area contributed by atoms with E-state index < -0.39 is 6.04 Å². The summed E-state index contributed by atoms with van der Waals surface area (Å²) in [5.41, 5.74) is 0.775. The topological polar surface area (TPSA) is 56.8 Å². The zero-order valence-corrected chi connectivity index (χ0v) is 11.1. The Kier molecular flexibility index (Phi) is 5.30. The summed E-state index contributed by atoms with van der Waals surface area (Å²) in [5.74, 6) is 0.985. The minimum Gasteiger partial charge on any atom is -0.493 e. The molecule has 1 rings (SSSR count). The van der Waals surface area contributed by atoms with Crippen LogP contribution < -0.4 is 14.8 Å². The van der Waals surface area contributed by atoms with Crippen LogP contribution in [0.5, 0.6) is 11.5 Å². The first-order valence-electron chi connectivity index (χ1n) is 5.77. The maximum Gasteiger partial charge on any atom is 0.327 e. The highest BCUT2D eigenvalue weighted by molar-refractivity contribution is 5.78. The van der Waals surface area contributed by atoms with Gasteiger partial charge in [0.15, 0.2) is 11.5 Å². The highest BCUT2D eigenvalue weighted by Crippen LogP contribution is 2.30. The second kappa shape index (κ2) is 6.74. The Morgan fingerprint density at radius 2 is 2.06 bits per heavy atom. The van der Waals surface area contributed by atoms with E-state index >= 15 is 0 Å². The van der Waals surface area contributed by atoms with E-state index in [4.69, 9.17) is 9.47 Å². The fourth-order valence-corrected chi connectivity index (χ4v) is 1.52. The molecule has 100 valence electrons. The van der Waals surface area contributed by atoms with Crippen molar-refractivity contribution in [2.75, 3.05) is 26.1 Å². The Hall–Kier alpha value is -1.91. The molecule has 1 aromatic rings. The molecule has 0 spiro atoms. The van der Waals surface area contributed by atoms with Crippen LogP contribution in [0.3, 0.4) is 0 Å². The van der Waals surface area contributed by atoms with E-state index in [-0.39, 0.29) is 5.97 Å². The lowest BCUT2D eigenvalue weighted by atomic mass is 10.2. The van der Waals surface area contributed by atoms with Crippen LogP contribution in [-0.4, -0.2) is 32.8 Å². The second-order valence-electron chi connectivity index (χ2n) is 3.69. The van der Waals surface area contributed by atoms with Crippen molar-refractivity contribution in [1.82, 2.24) is 0 Å². The van der Waals surface area contributed by atoms with Crippen LogP contribution in [0, 0.1) is 0 Å². The van der Waals surface area contributed by atoms with Crippen LogP contribution in [0.4, 0.5) is 5.69 Å². The predicted molar refractivity (Wildman–Crippen MR) is 69.3 cm³/mol. The molecule has 0 aliphatic carbocycles. The zero-order chi connectivity index (χ0) is 13.5. The Morgan fingerprint density at radius 1 is 1.33 bits per heavy atom. The van der Waals surface area contributed by atoms with Gasteiger partial charge in [-0.25, -0.2) is 4.79 Å². The van der Waals surface area contributed by atoms with Crippen molar-refractivity contribution in [2.45, 2.75) is 19.9 Å². The normalized spacial score (nSPS) is 11.6. The van der Waals surface area contributed by atoms with E-state index in [1.807, 2.05) is 13.0 Å². The Bertz CT molecular complexity index is 406. The van der Waals surface area contributed by atoms with Gasteiger partial charge >= 0.3 is 5.97 Å². The summed E-state index contributed by atoms with van der Waals surface area (Å²) in [6.07, 6.45) is 0. The average molecular weight is 253 g/mol. The van der Waals surface area contributed by atoms with Crippen LogP contribution in [0.25, 0.3) is 0 Å². The molecule has 1 aromatic carbocycles. The number of methoxy groups -OCH3 is 2. The quantitative estimate of drug-likeness (QED) is 0.786. The molecule has 0 aliphatic heterocycles. The zero-order valence-electron chi connectivity index (χ0n) is 11.1. The third kappa shape index (κ3) is 3.55. The highest BCUT2D eigenvalue weighted by atomic mass is 16.5. The van der Waals surface area contributed by atoms with Crippen LogP contribution in [0.1, 0.15) is 13.8 Å². The van der Waals surface area contributed by atoms with Crippen molar-refractivity contribution in [3.8, 4) is 11.5 Å². The first-order valence-corrected chi connectivity index (χ1v) is 5.77. The summed E-state index contributed by atoms with van der Waals surface area (Å²) in [6.45, 7) is 4.18.